The van der Waals surface area contributed by atoms with Crippen LogP contribution in [0, 0.1) is 0 Å². The highest BCUT2D eigenvalue weighted by Gasteiger charge is 2.17. The number of hydrogen-bond donors (Lipinski definition) is 1. The van der Waals surface area contributed by atoms with Crippen molar-refractivity contribution >= 4 is 45.1 Å². The van der Waals surface area contributed by atoms with Crippen LogP contribution < -0.4 is 19.5 Å². The van der Waals surface area contributed by atoms with Gasteiger partial charge in [-0.2, -0.15) is 0 Å². The van der Waals surface area contributed by atoms with Crippen molar-refractivity contribution in [3.63, 3.8) is 0 Å². The van der Waals surface area contributed by atoms with E-state index in [4.69, 9.17) is 30.5 Å². The molecule has 0 spiro atoms. The van der Waals surface area contributed by atoms with E-state index in [1.54, 1.807) is 36.4 Å². The van der Waals surface area contributed by atoms with E-state index in [2.05, 4.69) is 21.2 Å². The highest BCUT2D eigenvalue weighted by molar-refractivity contribution is 9.10. The van der Waals surface area contributed by atoms with Crippen molar-refractivity contribution < 1.29 is 28.5 Å². The number of ether oxygens (including phenoxy) is 4. The highest BCUT2D eigenvalue weighted by atomic mass is 79.9. The van der Waals surface area contributed by atoms with Crippen LogP contribution in [0.2, 0.25) is 5.02 Å². The molecule has 2 aromatic carbocycles. The first-order valence-electron chi connectivity index (χ1n) is 7.94. The molecule has 0 unspecified atom stereocenters. The maximum atomic E-state index is 12.0. The van der Waals surface area contributed by atoms with Crippen LogP contribution in [0.25, 0.3) is 0 Å². The van der Waals surface area contributed by atoms with Gasteiger partial charge in [0.05, 0.1) is 5.69 Å². The average Bonchev–Trinajstić information content (AvgIpc) is 2.66. The molecule has 1 aliphatic rings. The number of fused-ring (bicyclic) bond motifs is 1. The van der Waals surface area contributed by atoms with Crippen molar-refractivity contribution in [2.24, 2.45) is 0 Å². The van der Waals surface area contributed by atoms with Crippen LogP contribution >= 0.6 is 27.5 Å². The zero-order valence-electron chi connectivity index (χ0n) is 14.0. The number of halogens is 2. The predicted octanol–water partition coefficient (Wildman–Crippen LogP) is 3.43. The fourth-order valence-corrected chi connectivity index (χ4v) is 2.75. The van der Waals surface area contributed by atoms with Gasteiger partial charge in [0.2, 0.25) is 0 Å². The molecule has 142 valence electrons. The Hall–Kier alpha value is -2.45. The summed E-state index contributed by atoms with van der Waals surface area (Å²) in [5.41, 5.74) is 0.484. The van der Waals surface area contributed by atoms with Crippen LogP contribution in [-0.4, -0.2) is 38.3 Å². The molecule has 0 aliphatic carbocycles. The lowest BCUT2D eigenvalue weighted by Crippen LogP contribution is -2.24. The Morgan fingerprint density at radius 2 is 1.74 bits per heavy atom. The van der Waals surface area contributed by atoms with Gasteiger partial charge in [-0.3, -0.25) is 4.79 Å². The van der Waals surface area contributed by atoms with Crippen LogP contribution in [-0.2, 0) is 14.3 Å². The van der Waals surface area contributed by atoms with Gasteiger partial charge in [0, 0.05) is 21.6 Å². The molecule has 0 atom stereocenters. The first kappa shape index (κ1) is 19.3. The molecule has 2 aromatic rings. The molecule has 1 aliphatic heterocycles. The lowest BCUT2D eigenvalue weighted by molar-refractivity contribution is -0.149. The Morgan fingerprint density at radius 3 is 2.44 bits per heavy atom. The van der Waals surface area contributed by atoms with Crippen molar-refractivity contribution in [1.82, 2.24) is 0 Å². The van der Waals surface area contributed by atoms with Gasteiger partial charge in [-0.15, -0.1) is 0 Å². The number of carbonyl (C=O) groups excluding carboxylic acids is 2. The summed E-state index contributed by atoms with van der Waals surface area (Å²) in [6.45, 7) is 0.152. The summed E-state index contributed by atoms with van der Waals surface area (Å²) in [4.78, 5) is 23.7. The zero-order chi connectivity index (χ0) is 19.2. The summed E-state index contributed by atoms with van der Waals surface area (Å²) in [6.07, 6.45) is 0. The number of anilines is 1. The molecule has 0 bridgehead atoms. The summed E-state index contributed by atoms with van der Waals surface area (Å²) >= 11 is 9.12. The van der Waals surface area contributed by atoms with E-state index in [1.807, 2.05) is 0 Å². The Labute approximate surface area is 168 Å². The third kappa shape index (κ3) is 5.51. The molecule has 0 aromatic heterocycles. The quantitative estimate of drug-likeness (QED) is 0.671. The van der Waals surface area contributed by atoms with Crippen molar-refractivity contribution in [1.29, 1.82) is 0 Å². The summed E-state index contributed by atoms with van der Waals surface area (Å²) in [6, 6.07) is 9.88. The van der Waals surface area contributed by atoms with E-state index in [-0.39, 0.29) is 6.61 Å². The van der Waals surface area contributed by atoms with Gasteiger partial charge in [-0.1, -0.05) is 11.6 Å². The van der Waals surface area contributed by atoms with E-state index >= 15 is 0 Å². The number of hydrogen-bond acceptors (Lipinski definition) is 6. The molecule has 0 saturated heterocycles. The van der Waals surface area contributed by atoms with Gasteiger partial charge in [-0.05, 0) is 40.2 Å². The highest BCUT2D eigenvalue weighted by Crippen LogP contribution is 2.38. The summed E-state index contributed by atoms with van der Waals surface area (Å²) < 4.78 is 21.7. The van der Waals surface area contributed by atoms with Crippen LogP contribution in [0.4, 0.5) is 5.69 Å². The minimum atomic E-state index is -0.665. The van der Waals surface area contributed by atoms with E-state index in [0.717, 1.165) is 0 Å². The average molecular weight is 457 g/mol. The smallest absolute Gasteiger partial charge is 0.344 e. The maximum absolute atomic E-state index is 12.0. The summed E-state index contributed by atoms with van der Waals surface area (Å²) in [5.74, 6) is 0.444. The number of rotatable bonds is 6. The third-order valence-corrected chi connectivity index (χ3v) is 4.35. The molecule has 1 amide bonds. The molecule has 1 heterocycles. The lowest BCUT2D eigenvalue weighted by atomic mass is 10.2. The SMILES string of the molecule is O=C(COC(=O)COc1ccc(Cl)cc1)Nc1cc2c(cc1Br)OCCO2. The minimum Gasteiger partial charge on any atom is -0.486 e. The van der Waals surface area contributed by atoms with Crippen LogP contribution in [0.5, 0.6) is 17.2 Å². The first-order chi connectivity index (χ1) is 13.0. The van der Waals surface area contributed by atoms with Crippen molar-refractivity contribution in [2.75, 3.05) is 31.7 Å². The number of amides is 1. The third-order valence-electron chi connectivity index (χ3n) is 3.44. The molecular weight excluding hydrogens is 442 g/mol. The molecule has 0 fully saturated rings. The molecule has 3 rings (SSSR count). The van der Waals surface area contributed by atoms with Gasteiger partial charge in [0.25, 0.3) is 5.91 Å². The fraction of sp³-hybridized carbons (Fsp3) is 0.222. The maximum Gasteiger partial charge on any atom is 0.344 e. The second-order valence-corrected chi connectivity index (χ2v) is 6.72. The Morgan fingerprint density at radius 1 is 1.07 bits per heavy atom. The molecular formula is C18H15BrClNO6. The monoisotopic (exact) mass is 455 g/mol. The van der Waals surface area contributed by atoms with E-state index in [0.29, 0.717) is 45.6 Å². The van der Waals surface area contributed by atoms with E-state index in [9.17, 15) is 9.59 Å². The summed E-state index contributed by atoms with van der Waals surface area (Å²) in [7, 11) is 0. The van der Waals surface area contributed by atoms with Crippen LogP contribution in [0.1, 0.15) is 0 Å². The molecule has 9 heteroatoms. The topological polar surface area (TPSA) is 83.1 Å². The zero-order valence-corrected chi connectivity index (χ0v) is 16.3. The normalized spacial score (nSPS) is 12.2. The van der Waals surface area contributed by atoms with Gasteiger partial charge < -0.3 is 24.3 Å². The van der Waals surface area contributed by atoms with Crippen molar-refractivity contribution in [3.05, 3.63) is 45.9 Å². The summed E-state index contributed by atoms with van der Waals surface area (Å²) in [5, 5.41) is 3.20. The predicted molar refractivity (Wildman–Crippen MR) is 102 cm³/mol. The molecule has 1 N–H and O–H groups in total. The second-order valence-electron chi connectivity index (χ2n) is 5.43. The fourth-order valence-electron chi connectivity index (χ4n) is 2.21. The Bertz CT molecular complexity index is 842. The van der Waals surface area contributed by atoms with Crippen LogP contribution in [0.3, 0.4) is 0 Å². The molecule has 0 saturated carbocycles. The molecule has 0 radical (unpaired) electrons. The number of carbonyl (C=O) groups is 2. The van der Waals surface area contributed by atoms with Crippen molar-refractivity contribution in [2.45, 2.75) is 0 Å². The minimum absolute atomic E-state index is 0.317. The molecule has 7 nitrogen and oxygen atoms in total. The van der Waals surface area contributed by atoms with Gasteiger partial charge >= 0.3 is 5.97 Å². The van der Waals surface area contributed by atoms with Crippen LogP contribution in [0.15, 0.2) is 40.9 Å². The molecule has 27 heavy (non-hydrogen) atoms. The Balaban J connectivity index is 1.46. The van der Waals surface area contributed by atoms with Gasteiger partial charge in [0.15, 0.2) is 24.7 Å². The second kappa shape index (κ2) is 8.96. The largest absolute Gasteiger partial charge is 0.486 e. The number of nitrogens with one attached hydrogen (secondary N) is 1. The van der Waals surface area contributed by atoms with E-state index in [1.165, 1.54) is 0 Å². The number of benzene rings is 2. The standard InChI is InChI=1S/C18H15BrClNO6/c19-13-7-15-16(25-6-5-24-15)8-14(13)21-17(22)9-27-18(23)10-26-12-3-1-11(20)2-4-12/h1-4,7-8H,5-6,9-10H2,(H,21,22). The lowest BCUT2D eigenvalue weighted by Gasteiger charge is -2.20. The Kier molecular flexibility index (Phi) is 6.41. The van der Waals surface area contributed by atoms with Gasteiger partial charge in [0.1, 0.15) is 19.0 Å². The number of esters is 1. The van der Waals surface area contributed by atoms with Crippen molar-refractivity contribution in [3.8, 4) is 17.2 Å². The van der Waals surface area contributed by atoms with E-state index < -0.39 is 18.5 Å². The first-order valence-corrected chi connectivity index (χ1v) is 9.11. The van der Waals surface area contributed by atoms with Gasteiger partial charge in [-0.25, -0.2) is 4.79 Å².